The SMILES string of the molecule is CC(C)CCNC(=O)c1cncs1. The van der Waals surface area contributed by atoms with Gasteiger partial charge in [-0.3, -0.25) is 9.78 Å². The molecule has 0 aliphatic carbocycles. The molecule has 1 aromatic heterocycles. The lowest BCUT2D eigenvalue weighted by Gasteiger charge is -2.05. The highest BCUT2D eigenvalue weighted by atomic mass is 32.1. The Bertz CT molecular complexity index is 257. The van der Waals surface area contributed by atoms with Crippen LogP contribution in [0.2, 0.25) is 0 Å². The van der Waals surface area contributed by atoms with Gasteiger partial charge >= 0.3 is 0 Å². The average Bonchev–Trinajstić information content (AvgIpc) is 2.55. The maximum Gasteiger partial charge on any atom is 0.262 e. The van der Waals surface area contributed by atoms with Gasteiger partial charge in [0.2, 0.25) is 0 Å². The largest absolute Gasteiger partial charge is 0.351 e. The van der Waals surface area contributed by atoms with Crippen molar-refractivity contribution in [1.29, 1.82) is 0 Å². The lowest BCUT2D eigenvalue weighted by Crippen LogP contribution is -2.24. The van der Waals surface area contributed by atoms with Crippen LogP contribution in [0.3, 0.4) is 0 Å². The van der Waals surface area contributed by atoms with E-state index < -0.39 is 0 Å². The predicted molar refractivity (Wildman–Crippen MR) is 53.9 cm³/mol. The third kappa shape index (κ3) is 3.55. The minimum absolute atomic E-state index is 0.0110. The van der Waals surface area contributed by atoms with Crippen LogP contribution >= 0.6 is 11.3 Å². The van der Waals surface area contributed by atoms with Crippen LogP contribution in [0.5, 0.6) is 0 Å². The van der Waals surface area contributed by atoms with Crippen molar-refractivity contribution in [1.82, 2.24) is 10.3 Å². The highest BCUT2D eigenvalue weighted by Crippen LogP contribution is 2.05. The number of nitrogens with zero attached hydrogens (tertiary/aromatic N) is 1. The van der Waals surface area contributed by atoms with Crippen LogP contribution in [0.1, 0.15) is 29.9 Å². The van der Waals surface area contributed by atoms with Crippen LogP contribution in [-0.4, -0.2) is 17.4 Å². The van der Waals surface area contributed by atoms with Crippen molar-refractivity contribution >= 4 is 17.2 Å². The van der Waals surface area contributed by atoms with Crippen molar-refractivity contribution < 1.29 is 4.79 Å². The monoisotopic (exact) mass is 198 g/mol. The number of carbonyl (C=O) groups is 1. The molecule has 0 spiro atoms. The fourth-order valence-corrected chi connectivity index (χ4v) is 1.43. The number of rotatable bonds is 4. The topological polar surface area (TPSA) is 42.0 Å². The van der Waals surface area contributed by atoms with E-state index in [4.69, 9.17) is 0 Å². The van der Waals surface area contributed by atoms with Gasteiger partial charge < -0.3 is 5.32 Å². The normalized spacial score (nSPS) is 10.4. The molecule has 0 aliphatic rings. The van der Waals surface area contributed by atoms with Gasteiger partial charge in [0.05, 0.1) is 11.7 Å². The van der Waals surface area contributed by atoms with Gasteiger partial charge in [0.1, 0.15) is 4.88 Å². The molecule has 0 atom stereocenters. The molecule has 0 unspecified atom stereocenters. The molecule has 0 aliphatic heterocycles. The number of hydrogen-bond acceptors (Lipinski definition) is 3. The molecule has 1 heterocycles. The molecule has 1 N–H and O–H groups in total. The van der Waals surface area contributed by atoms with Crippen LogP contribution in [0.4, 0.5) is 0 Å². The second kappa shape index (κ2) is 4.97. The van der Waals surface area contributed by atoms with Gasteiger partial charge in [-0.2, -0.15) is 0 Å². The molecule has 1 rings (SSSR count). The fraction of sp³-hybridized carbons (Fsp3) is 0.556. The van der Waals surface area contributed by atoms with Crippen LogP contribution in [-0.2, 0) is 0 Å². The summed E-state index contributed by atoms with van der Waals surface area (Å²) in [7, 11) is 0. The van der Waals surface area contributed by atoms with Crippen LogP contribution in [0.15, 0.2) is 11.7 Å². The van der Waals surface area contributed by atoms with Crippen molar-refractivity contribution in [3.8, 4) is 0 Å². The molecular weight excluding hydrogens is 184 g/mol. The lowest BCUT2D eigenvalue weighted by molar-refractivity contribution is 0.0956. The Kier molecular flexibility index (Phi) is 3.89. The smallest absolute Gasteiger partial charge is 0.262 e. The number of carbonyl (C=O) groups excluding carboxylic acids is 1. The molecule has 13 heavy (non-hydrogen) atoms. The van der Waals surface area contributed by atoms with E-state index >= 15 is 0 Å². The van der Waals surface area contributed by atoms with Gasteiger partial charge in [-0.05, 0) is 12.3 Å². The van der Waals surface area contributed by atoms with Crippen LogP contribution in [0, 0.1) is 5.92 Å². The Morgan fingerprint density at radius 1 is 1.69 bits per heavy atom. The molecule has 0 fully saturated rings. The third-order valence-corrected chi connectivity index (χ3v) is 2.44. The van der Waals surface area contributed by atoms with Gasteiger partial charge in [0, 0.05) is 6.54 Å². The first-order valence-electron chi connectivity index (χ1n) is 4.37. The Morgan fingerprint density at radius 3 is 3.00 bits per heavy atom. The summed E-state index contributed by atoms with van der Waals surface area (Å²) < 4.78 is 0. The van der Waals surface area contributed by atoms with E-state index in [1.807, 2.05) is 0 Å². The number of thiazole rings is 1. The Balaban J connectivity index is 2.27. The summed E-state index contributed by atoms with van der Waals surface area (Å²) in [5.41, 5.74) is 1.66. The van der Waals surface area contributed by atoms with Gasteiger partial charge in [0.15, 0.2) is 0 Å². The number of amides is 1. The third-order valence-electron chi connectivity index (χ3n) is 1.66. The highest BCUT2D eigenvalue weighted by molar-refractivity contribution is 7.11. The molecule has 0 radical (unpaired) electrons. The van der Waals surface area contributed by atoms with Crippen molar-refractivity contribution in [2.45, 2.75) is 20.3 Å². The van der Waals surface area contributed by atoms with Crippen molar-refractivity contribution in [3.63, 3.8) is 0 Å². The van der Waals surface area contributed by atoms with Crippen LogP contribution < -0.4 is 5.32 Å². The van der Waals surface area contributed by atoms with E-state index in [0.717, 1.165) is 13.0 Å². The molecule has 1 amide bonds. The zero-order valence-corrected chi connectivity index (χ0v) is 8.73. The Labute approximate surface area is 82.2 Å². The first-order chi connectivity index (χ1) is 6.20. The number of nitrogens with one attached hydrogen (secondary N) is 1. The predicted octanol–water partition coefficient (Wildman–Crippen LogP) is 1.92. The van der Waals surface area contributed by atoms with E-state index in [-0.39, 0.29) is 5.91 Å². The molecule has 4 heteroatoms. The van der Waals surface area contributed by atoms with E-state index in [9.17, 15) is 4.79 Å². The number of hydrogen-bond donors (Lipinski definition) is 1. The number of aromatic nitrogens is 1. The summed E-state index contributed by atoms with van der Waals surface area (Å²) in [6, 6.07) is 0. The second-order valence-corrected chi connectivity index (χ2v) is 4.19. The van der Waals surface area contributed by atoms with E-state index in [1.165, 1.54) is 11.3 Å². The standard InChI is InChI=1S/C9H14N2OS/c1-7(2)3-4-11-9(12)8-5-10-6-13-8/h5-7H,3-4H2,1-2H3,(H,11,12). The summed E-state index contributed by atoms with van der Waals surface area (Å²) in [5.74, 6) is 0.616. The minimum atomic E-state index is -0.0110. The molecular formula is C9H14N2OS. The van der Waals surface area contributed by atoms with E-state index in [2.05, 4.69) is 24.1 Å². The maximum absolute atomic E-state index is 11.3. The Morgan fingerprint density at radius 2 is 2.46 bits per heavy atom. The summed E-state index contributed by atoms with van der Waals surface area (Å²) >= 11 is 1.37. The van der Waals surface area contributed by atoms with Crippen molar-refractivity contribution in [3.05, 3.63) is 16.6 Å². The lowest BCUT2D eigenvalue weighted by atomic mass is 10.1. The summed E-state index contributed by atoms with van der Waals surface area (Å²) in [4.78, 5) is 15.9. The molecule has 0 bridgehead atoms. The quantitative estimate of drug-likeness (QED) is 0.803. The molecule has 0 saturated carbocycles. The first kappa shape index (κ1) is 10.2. The van der Waals surface area contributed by atoms with Gasteiger partial charge in [0.25, 0.3) is 5.91 Å². The first-order valence-corrected chi connectivity index (χ1v) is 5.25. The fourth-order valence-electron chi connectivity index (χ4n) is 0.889. The van der Waals surface area contributed by atoms with Gasteiger partial charge in [-0.25, -0.2) is 0 Å². The summed E-state index contributed by atoms with van der Waals surface area (Å²) in [6.07, 6.45) is 2.61. The maximum atomic E-state index is 11.3. The molecule has 0 saturated heterocycles. The summed E-state index contributed by atoms with van der Waals surface area (Å²) in [5, 5.41) is 2.85. The molecule has 1 aromatic rings. The molecule has 3 nitrogen and oxygen atoms in total. The van der Waals surface area contributed by atoms with Crippen LogP contribution in [0.25, 0.3) is 0 Å². The highest BCUT2D eigenvalue weighted by Gasteiger charge is 2.05. The van der Waals surface area contributed by atoms with Crippen molar-refractivity contribution in [2.75, 3.05) is 6.54 Å². The zero-order valence-electron chi connectivity index (χ0n) is 7.91. The average molecular weight is 198 g/mol. The van der Waals surface area contributed by atoms with Gasteiger partial charge in [-0.15, -0.1) is 11.3 Å². The second-order valence-electron chi connectivity index (χ2n) is 3.30. The Hall–Kier alpha value is -0.900. The molecule has 0 aromatic carbocycles. The minimum Gasteiger partial charge on any atom is -0.351 e. The van der Waals surface area contributed by atoms with Crippen molar-refractivity contribution in [2.24, 2.45) is 5.92 Å². The summed E-state index contributed by atoms with van der Waals surface area (Å²) in [6.45, 7) is 5.02. The molecule has 72 valence electrons. The van der Waals surface area contributed by atoms with E-state index in [1.54, 1.807) is 11.7 Å². The van der Waals surface area contributed by atoms with Gasteiger partial charge in [-0.1, -0.05) is 13.8 Å². The zero-order chi connectivity index (χ0) is 9.68. The van der Waals surface area contributed by atoms with E-state index in [0.29, 0.717) is 10.8 Å².